The van der Waals surface area contributed by atoms with Gasteiger partial charge in [0.15, 0.2) is 5.13 Å². The molecule has 28 heavy (non-hydrogen) atoms. The third-order valence-corrected chi connectivity index (χ3v) is 7.76. The van der Waals surface area contributed by atoms with E-state index in [1.807, 2.05) is 6.07 Å². The summed E-state index contributed by atoms with van der Waals surface area (Å²) in [6.07, 6.45) is 0. The fraction of sp³-hybridized carbons (Fsp3) is 0.0556. The van der Waals surface area contributed by atoms with Gasteiger partial charge < -0.3 is 5.32 Å². The summed E-state index contributed by atoms with van der Waals surface area (Å²) in [7, 11) is -3.81. The van der Waals surface area contributed by atoms with Crippen LogP contribution < -0.4 is 5.32 Å². The highest BCUT2D eigenvalue weighted by molar-refractivity contribution is 7.93. The minimum Gasteiger partial charge on any atom is -0.302 e. The van der Waals surface area contributed by atoms with E-state index in [0.717, 1.165) is 39.2 Å². The van der Waals surface area contributed by atoms with Crippen LogP contribution in [0.3, 0.4) is 0 Å². The highest BCUT2D eigenvalue weighted by Crippen LogP contribution is 2.33. The van der Waals surface area contributed by atoms with Gasteiger partial charge in [0.05, 0.1) is 20.8 Å². The van der Waals surface area contributed by atoms with E-state index in [0.29, 0.717) is 10.8 Å². The number of fused-ring (bicyclic) bond motifs is 1. The molecule has 0 fully saturated rings. The van der Waals surface area contributed by atoms with Crippen LogP contribution >= 0.6 is 22.7 Å². The van der Waals surface area contributed by atoms with Gasteiger partial charge in [0.25, 0.3) is 0 Å². The van der Waals surface area contributed by atoms with Crippen LogP contribution in [0.25, 0.3) is 21.5 Å². The summed E-state index contributed by atoms with van der Waals surface area (Å²) >= 11 is 2.33. The fourth-order valence-corrected chi connectivity index (χ4v) is 5.87. The number of carbonyl (C=O) groups is 1. The quantitative estimate of drug-likeness (QED) is 0.483. The van der Waals surface area contributed by atoms with Crippen molar-refractivity contribution in [3.63, 3.8) is 0 Å². The van der Waals surface area contributed by atoms with Crippen molar-refractivity contribution in [1.82, 2.24) is 9.97 Å². The predicted molar refractivity (Wildman–Crippen MR) is 107 cm³/mol. The number of sulfone groups is 1. The molecule has 0 spiro atoms. The lowest BCUT2D eigenvalue weighted by atomic mass is 10.2. The largest absolute Gasteiger partial charge is 0.302 e. The molecule has 1 amide bonds. The van der Waals surface area contributed by atoms with E-state index in [4.69, 9.17) is 0 Å². The number of nitrogens with zero attached hydrogens (tertiary/aromatic N) is 2. The predicted octanol–water partition coefficient (Wildman–Crippen LogP) is 4.35. The molecule has 0 saturated carbocycles. The van der Waals surface area contributed by atoms with Crippen molar-refractivity contribution in [1.29, 1.82) is 0 Å². The van der Waals surface area contributed by atoms with Gasteiger partial charge in [-0.25, -0.2) is 22.8 Å². The molecule has 6 nitrogen and oxygen atoms in total. The van der Waals surface area contributed by atoms with Crippen LogP contribution in [0.2, 0.25) is 0 Å². The Morgan fingerprint density at radius 2 is 1.86 bits per heavy atom. The smallest absolute Gasteiger partial charge is 0.233 e. The molecular weight excluding hydrogens is 421 g/mol. The molecule has 2 aromatic heterocycles. The zero-order valence-corrected chi connectivity index (χ0v) is 16.8. The SMILES string of the molecule is CC(=O)Nc1nc2ccc(-c3csc(S(=O)(=O)c4ccc(F)cc4)n3)cc2s1. The van der Waals surface area contributed by atoms with Gasteiger partial charge in [-0.05, 0) is 36.4 Å². The molecule has 10 heteroatoms. The molecule has 0 bridgehead atoms. The first-order valence-corrected chi connectivity index (χ1v) is 11.2. The maximum atomic E-state index is 13.1. The number of aromatic nitrogens is 2. The van der Waals surface area contributed by atoms with E-state index in [9.17, 15) is 17.6 Å². The van der Waals surface area contributed by atoms with Crippen LogP contribution in [0.1, 0.15) is 6.92 Å². The summed E-state index contributed by atoms with van der Waals surface area (Å²) in [5.41, 5.74) is 1.98. The average Bonchev–Trinajstić information content (AvgIpc) is 3.27. The standard InChI is InChI=1S/C18H12FN3O3S3/c1-10(23)20-17-21-14-7-2-11(8-16(14)27-17)15-9-26-18(22-15)28(24,25)13-5-3-12(19)4-6-13/h2-9H,1H3,(H,20,21,23). The number of hydrogen-bond acceptors (Lipinski definition) is 7. The second-order valence-corrected chi connectivity index (χ2v) is 9.85. The van der Waals surface area contributed by atoms with E-state index in [1.165, 1.54) is 30.4 Å². The molecule has 0 radical (unpaired) electrons. The molecule has 4 aromatic rings. The number of nitrogens with one attached hydrogen (secondary N) is 1. The average molecular weight is 434 g/mol. The molecule has 4 rings (SSSR count). The second-order valence-electron chi connectivity index (χ2n) is 5.84. The van der Waals surface area contributed by atoms with Crippen LogP contribution in [0.5, 0.6) is 0 Å². The van der Waals surface area contributed by atoms with Crippen molar-refractivity contribution < 1.29 is 17.6 Å². The van der Waals surface area contributed by atoms with Gasteiger partial charge in [0.1, 0.15) is 5.82 Å². The van der Waals surface area contributed by atoms with Crippen molar-refractivity contribution in [2.45, 2.75) is 16.2 Å². The maximum Gasteiger partial charge on any atom is 0.233 e. The summed E-state index contributed by atoms with van der Waals surface area (Å²) in [5, 5.41) is 4.81. The third kappa shape index (κ3) is 3.53. The third-order valence-electron chi connectivity index (χ3n) is 3.80. The highest BCUT2D eigenvalue weighted by atomic mass is 32.2. The molecule has 0 aliphatic carbocycles. The number of amides is 1. The summed E-state index contributed by atoms with van der Waals surface area (Å²) in [5.74, 6) is -0.704. The summed E-state index contributed by atoms with van der Waals surface area (Å²) in [6, 6.07) is 10.1. The monoisotopic (exact) mass is 433 g/mol. The number of benzene rings is 2. The summed E-state index contributed by atoms with van der Waals surface area (Å²) in [4.78, 5) is 19.8. The molecule has 0 atom stereocenters. The minimum atomic E-state index is -3.81. The minimum absolute atomic E-state index is 0.00680. The van der Waals surface area contributed by atoms with Crippen LogP contribution in [-0.2, 0) is 14.6 Å². The molecule has 0 aliphatic rings. The van der Waals surface area contributed by atoms with E-state index in [2.05, 4.69) is 15.3 Å². The second kappa shape index (κ2) is 7.04. The summed E-state index contributed by atoms with van der Waals surface area (Å²) < 4.78 is 39.2. The Morgan fingerprint density at radius 1 is 1.11 bits per heavy atom. The Balaban J connectivity index is 1.68. The highest BCUT2D eigenvalue weighted by Gasteiger charge is 2.22. The van der Waals surface area contributed by atoms with Crippen LogP contribution in [0, 0.1) is 5.82 Å². The number of carbonyl (C=O) groups excluding carboxylic acids is 1. The first-order valence-electron chi connectivity index (χ1n) is 7.98. The molecule has 0 aliphatic heterocycles. The number of rotatable bonds is 4. The van der Waals surface area contributed by atoms with Crippen molar-refractivity contribution in [3.05, 3.63) is 53.7 Å². The van der Waals surface area contributed by atoms with Gasteiger partial charge in [0.2, 0.25) is 20.1 Å². The molecule has 2 heterocycles. The first kappa shape index (κ1) is 18.7. The van der Waals surface area contributed by atoms with Gasteiger partial charge in [-0.1, -0.05) is 17.4 Å². The van der Waals surface area contributed by atoms with E-state index >= 15 is 0 Å². The molecule has 142 valence electrons. The van der Waals surface area contributed by atoms with E-state index in [1.54, 1.807) is 17.5 Å². The van der Waals surface area contributed by atoms with Crippen molar-refractivity contribution in [2.24, 2.45) is 0 Å². The fourth-order valence-electron chi connectivity index (χ4n) is 2.52. The van der Waals surface area contributed by atoms with Crippen LogP contribution in [0.4, 0.5) is 9.52 Å². The lowest BCUT2D eigenvalue weighted by Crippen LogP contribution is -2.04. The van der Waals surface area contributed by atoms with Crippen molar-refractivity contribution in [3.8, 4) is 11.3 Å². The number of thiazole rings is 2. The van der Waals surface area contributed by atoms with Crippen molar-refractivity contribution >= 4 is 53.8 Å². The Kier molecular flexibility index (Phi) is 4.69. The first-order chi connectivity index (χ1) is 13.3. The Labute approximate surface area is 167 Å². The molecule has 0 unspecified atom stereocenters. The Morgan fingerprint density at radius 3 is 2.57 bits per heavy atom. The molecular formula is C18H12FN3O3S3. The number of hydrogen-bond donors (Lipinski definition) is 1. The van der Waals surface area contributed by atoms with Crippen LogP contribution in [0.15, 0.2) is 57.1 Å². The lowest BCUT2D eigenvalue weighted by molar-refractivity contribution is -0.114. The zero-order chi connectivity index (χ0) is 19.9. The van der Waals surface area contributed by atoms with Gasteiger partial charge >= 0.3 is 0 Å². The summed E-state index contributed by atoms with van der Waals surface area (Å²) in [6.45, 7) is 1.41. The zero-order valence-electron chi connectivity index (χ0n) is 14.3. The maximum absolute atomic E-state index is 13.1. The van der Waals surface area contributed by atoms with Gasteiger partial charge in [0, 0.05) is 17.9 Å². The van der Waals surface area contributed by atoms with Gasteiger partial charge in [-0.2, -0.15) is 0 Å². The van der Waals surface area contributed by atoms with Gasteiger partial charge in [-0.3, -0.25) is 4.79 Å². The Hall–Kier alpha value is -2.69. The topological polar surface area (TPSA) is 89.0 Å². The van der Waals surface area contributed by atoms with E-state index < -0.39 is 15.7 Å². The molecule has 0 saturated heterocycles. The van der Waals surface area contributed by atoms with Crippen LogP contribution in [-0.4, -0.2) is 24.3 Å². The van der Waals surface area contributed by atoms with Gasteiger partial charge in [-0.15, -0.1) is 11.3 Å². The number of halogens is 1. The van der Waals surface area contributed by atoms with Crippen molar-refractivity contribution in [2.75, 3.05) is 5.32 Å². The number of anilines is 1. The van der Waals surface area contributed by atoms with E-state index in [-0.39, 0.29) is 15.1 Å². The molecule has 1 N–H and O–H groups in total. The Bertz CT molecular complexity index is 1290. The normalized spacial score (nSPS) is 11.6. The lowest BCUT2D eigenvalue weighted by Gasteiger charge is -2.00. The molecule has 2 aromatic carbocycles.